The van der Waals surface area contributed by atoms with Gasteiger partial charge in [-0.05, 0) is 36.6 Å². The van der Waals surface area contributed by atoms with Crippen molar-refractivity contribution in [1.29, 1.82) is 0 Å². The van der Waals surface area contributed by atoms with Crippen LogP contribution in [0.1, 0.15) is 32.3 Å². The molecule has 6 heteroatoms. The van der Waals surface area contributed by atoms with Crippen LogP contribution >= 0.6 is 11.6 Å². The second-order valence-electron chi connectivity index (χ2n) is 5.10. The summed E-state index contributed by atoms with van der Waals surface area (Å²) in [4.78, 5) is 26.0. The molecular formula is C15H18ClFN2O2. The molecule has 1 aromatic carbocycles. The summed E-state index contributed by atoms with van der Waals surface area (Å²) in [5, 5.41) is 3.11. The molecule has 114 valence electrons. The van der Waals surface area contributed by atoms with Gasteiger partial charge in [0, 0.05) is 11.6 Å². The zero-order valence-electron chi connectivity index (χ0n) is 12.0. The Balaban J connectivity index is 2.31. The minimum atomic E-state index is -0.542. The zero-order chi connectivity index (χ0) is 15.6. The molecule has 4 nitrogen and oxygen atoms in total. The van der Waals surface area contributed by atoms with E-state index >= 15 is 0 Å². The van der Waals surface area contributed by atoms with Crippen molar-refractivity contribution in [3.05, 3.63) is 34.6 Å². The van der Waals surface area contributed by atoms with Gasteiger partial charge in [-0.3, -0.25) is 9.59 Å². The molecule has 1 aliphatic rings. The van der Waals surface area contributed by atoms with Crippen LogP contribution in [0.3, 0.4) is 0 Å². The predicted molar refractivity (Wildman–Crippen MR) is 78.3 cm³/mol. The van der Waals surface area contributed by atoms with E-state index < -0.39 is 17.9 Å². The maximum absolute atomic E-state index is 13.4. The number of benzene rings is 1. The normalized spacial score (nSPS) is 22.4. The molecule has 2 unspecified atom stereocenters. The zero-order valence-corrected chi connectivity index (χ0v) is 12.8. The molecule has 0 aromatic heterocycles. The Bertz CT molecular complexity index is 565. The monoisotopic (exact) mass is 312 g/mol. The average molecular weight is 313 g/mol. The number of halogens is 2. The largest absolute Gasteiger partial charge is 0.343 e. The first-order chi connectivity index (χ1) is 9.97. The summed E-state index contributed by atoms with van der Waals surface area (Å²) in [6, 6.07) is 2.96. The molecule has 1 saturated heterocycles. The lowest BCUT2D eigenvalue weighted by atomic mass is 10.0. The summed E-state index contributed by atoms with van der Waals surface area (Å²) < 4.78 is 13.4. The number of rotatable bonds is 4. The lowest BCUT2D eigenvalue weighted by molar-refractivity contribution is -0.150. The molecule has 2 atom stereocenters. The summed E-state index contributed by atoms with van der Waals surface area (Å²) in [5.74, 6) is -0.732. The molecule has 21 heavy (non-hydrogen) atoms. The number of nitrogens with zero attached hydrogens (tertiary/aromatic N) is 1. The van der Waals surface area contributed by atoms with Gasteiger partial charge in [0.25, 0.3) is 0 Å². The third-order valence-corrected chi connectivity index (χ3v) is 4.09. The summed E-state index contributed by atoms with van der Waals surface area (Å²) in [5.41, 5.74) is 0.507. The molecule has 0 spiro atoms. The Morgan fingerprint density at radius 2 is 2.00 bits per heavy atom. The van der Waals surface area contributed by atoms with Gasteiger partial charge in [-0.1, -0.05) is 25.4 Å². The highest BCUT2D eigenvalue weighted by atomic mass is 35.5. The first kappa shape index (κ1) is 15.8. The van der Waals surface area contributed by atoms with Gasteiger partial charge in [0.2, 0.25) is 11.8 Å². The Morgan fingerprint density at radius 1 is 1.29 bits per heavy atom. The number of piperazine rings is 1. The van der Waals surface area contributed by atoms with Gasteiger partial charge >= 0.3 is 0 Å². The Kier molecular flexibility index (Phi) is 4.83. The third kappa shape index (κ3) is 3.18. The molecule has 1 fully saturated rings. The number of hydrogen-bond acceptors (Lipinski definition) is 2. The third-order valence-electron chi connectivity index (χ3n) is 3.72. The van der Waals surface area contributed by atoms with Crippen molar-refractivity contribution in [2.75, 3.05) is 0 Å². The summed E-state index contributed by atoms with van der Waals surface area (Å²) in [7, 11) is 0. The van der Waals surface area contributed by atoms with Crippen LogP contribution in [-0.2, 0) is 16.1 Å². The van der Waals surface area contributed by atoms with Crippen molar-refractivity contribution in [3.8, 4) is 0 Å². The van der Waals surface area contributed by atoms with Crippen molar-refractivity contribution in [2.24, 2.45) is 0 Å². The summed E-state index contributed by atoms with van der Waals surface area (Å²) in [6.45, 7) is 3.81. The minimum Gasteiger partial charge on any atom is -0.343 e. The topological polar surface area (TPSA) is 49.4 Å². The van der Waals surface area contributed by atoms with E-state index in [-0.39, 0.29) is 18.4 Å². The fourth-order valence-corrected chi connectivity index (χ4v) is 2.72. The maximum atomic E-state index is 13.4. The molecule has 1 N–H and O–H groups in total. The highest BCUT2D eigenvalue weighted by Gasteiger charge is 2.38. The number of amides is 2. The van der Waals surface area contributed by atoms with E-state index in [9.17, 15) is 14.0 Å². The summed E-state index contributed by atoms with van der Waals surface area (Å²) in [6.07, 6.45) is 1.02. The van der Waals surface area contributed by atoms with E-state index in [2.05, 4.69) is 5.32 Å². The van der Waals surface area contributed by atoms with Crippen LogP contribution in [0.5, 0.6) is 0 Å². The molecule has 2 rings (SSSR count). The maximum Gasteiger partial charge on any atom is 0.246 e. The fourth-order valence-electron chi connectivity index (χ4n) is 2.54. The van der Waals surface area contributed by atoms with Crippen molar-refractivity contribution >= 4 is 23.4 Å². The van der Waals surface area contributed by atoms with Crippen molar-refractivity contribution in [2.45, 2.75) is 45.3 Å². The lowest BCUT2D eigenvalue weighted by Crippen LogP contribution is -2.62. The van der Waals surface area contributed by atoms with Crippen LogP contribution in [0.2, 0.25) is 5.02 Å². The number of carbonyl (C=O) groups excluding carboxylic acids is 2. The molecule has 0 saturated carbocycles. The van der Waals surface area contributed by atoms with Crippen LogP contribution in [-0.4, -0.2) is 28.8 Å². The van der Waals surface area contributed by atoms with Crippen LogP contribution in [0.15, 0.2) is 18.2 Å². The molecule has 1 aliphatic heterocycles. The Labute approximate surface area is 128 Å². The second kappa shape index (κ2) is 6.43. The highest BCUT2D eigenvalue weighted by Crippen LogP contribution is 2.23. The van der Waals surface area contributed by atoms with Gasteiger partial charge in [-0.2, -0.15) is 0 Å². The van der Waals surface area contributed by atoms with Gasteiger partial charge in [-0.25, -0.2) is 4.39 Å². The highest BCUT2D eigenvalue weighted by molar-refractivity contribution is 6.31. The van der Waals surface area contributed by atoms with Crippen LogP contribution in [0.25, 0.3) is 0 Å². The van der Waals surface area contributed by atoms with Crippen LogP contribution in [0.4, 0.5) is 4.39 Å². The van der Waals surface area contributed by atoms with Gasteiger partial charge in [-0.15, -0.1) is 0 Å². The van der Waals surface area contributed by atoms with Gasteiger partial charge in [0.15, 0.2) is 0 Å². The molecule has 2 amide bonds. The van der Waals surface area contributed by atoms with Gasteiger partial charge in [0.1, 0.15) is 17.9 Å². The standard InChI is InChI=1S/C15H18ClFN2O2/c1-3-12-15(21)19(13(4-2)14(20)18-12)8-9-7-10(17)5-6-11(9)16/h5-7,12-13H,3-4,8H2,1-2H3,(H,18,20). The smallest absolute Gasteiger partial charge is 0.246 e. The van der Waals surface area contributed by atoms with E-state index in [0.717, 1.165) is 0 Å². The van der Waals surface area contributed by atoms with E-state index in [1.165, 1.54) is 23.1 Å². The molecule has 1 heterocycles. The minimum absolute atomic E-state index is 0.137. The lowest BCUT2D eigenvalue weighted by Gasteiger charge is -2.38. The fraction of sp³-hybridized carbons (Fsp3) is 0.467. The van der Waals surface area contributed by atoms with Gasteiger partial charge < -0.3 is 10.2 Å². The van der Waals surface area contributed by atoms with E-state index in [0.29, 0.717) is 23.4 Å². The average Bonchev–Trinajstić information content (AvgIpc) is 2.46. The first-order valence-corrected chi connectivity index (χ1v) is 7.40. The summed E-state index contributed by atoms with van der Waals surface area (Å²) >= 11 is 6.06. The molecule has 0 aliphatic carbocycles. The second-order valence-corrected chi connectivity index (χ2v) is 5.50. The van der Waals surface area contributed by atoms with Crippen LogP contribution < -0.4 is 5.32 Å². The van der Waals surface area contributed by atoms with E-state index in [1.54, 1.807) is 0 Å². The predicted octanol–water partition coefficient (Wildman–Crippen LogP) is 2.49. The molecular weight excluding hydrogens is 295 g/mol. The number of hydrogen-bond donors (Lipinski definition) is 1. The number of nitrogens with one attached hydrogen (secondary N) is 1. The number of carbonyl (C=O) groups is 2. The Hall–Kier alpha value is -1.62. The van der Waals surface area contributed by atoms with Crippen molar-refractivity contribution in [1.82, 2.24) is 10.2 Å². The Morgan fingerprint density at radius 3 is 2.62 bits per heavy atom. The van der Waals surface area contributed by atoms with E-state index in [4.69, 9.17) is 11.6 Å². The van der Waals surface area contributed by atoms with Crippen molar-refractivity contribution in [3.63, 3.8) is 0 Å². The quantitative estimate of drug-likeness (QED) is 0.928. The van der Waals surface area contributed by atoms with E-state index in [1.807, 2.05) is 13.8 Å². The first-order valence-electron chi connectivity index (χ1n) is 7.02. The van der Waals surface area contributed by atoms with Crippen molar-refractivity contribution < 1.29 is 14.0 Å². The molecule has 0 radical (unpaired) electrons. The SMILES string of the molecule is CCC1NC(=O)C(CC)N(Cc2cc(F)ccc2Cl)C1=O. The molecule has 0 bridgehead atoms. The van der Waals surface area contributed by atoms with Crippen LogP contribution in [0, 0.1) is 5.82 Å². The molecule has 1 aromatic rings. The van der Waals surface area contributed by atoms with Gasteiger partial charge in [0.05, 0.1) is 0 Å².